The van der Waals surface area contributed by atoms with E-state index in [2.05, 4.69) is 4.90 Å². The standard InChI is InChI=1S/C14H18FNO3/c1-14(2)9-16(3-4-19-14)8-10-5-11(13(17)18)7-12(15)6-10/h5-7H,3-4,8-9H2,1-2H3,(H,17,18). The summed E-state index contributed by atoms with van der Waals surface area (Å²) < 4.78 is 19.0. The summed E-state index contributed by atoms with van der Waals surface area (Å²) in [5.41, 5.74) is 0.443. The molecule has 0 unspecified atom stereocenters. The topological polar surface area (TPSA) is 49.8 Å². The van der Waals surface area contributed by atoms with Crippen molar-refractivity contribution >= 4 is 5.97 Å². The van der Waals surface area contributed by atoms with E-state index in [1.165, 1.54) is 12.1 Å². The Morgan fingerprint density at radius 1 is 1.47 bits per heavy atom. The second kappa shape index (κ2) is 5.27. The first-order chi connectivity index (χ1) is 8.85. The number of carbonyl (C=O) groups is 1. The van der Waals surface area contributed by atoms with Crippen molar-refractivity contribution in [1.82, 2.24) is 4.90 Å². The zero-order valence-electron chi connectivity index (χ0n) is 11.1. The van der Waals surface area contributed by atoms with Crippen LogP contribution in [0.3, 0.4) is 0 Å². The summed E-state index contributed by atoms with van der Waals surface area (Å²) in [7, 11) is 0. The van der Waals surface area contributed by atoms with E-state index in [-0.39, 0.29) is 11.2 Å². The molecule has 0 aromatic heterocycles. The Morgan fingerprint density at radius 3 is 2.84 bits per heavy atom. The van der Waals surface area contributed by atoms with Gasteiger partial charge in [0.2, 0.25) is 0 Å². The van der Waals surface area contributed by atoms with Crippen molar-refractivity contribution in [3.05, 3.63) is 35.1 Å². The van der Waals surface area contributed by atoms with Crippen LogP contribution in [0.5, 0.6) is 0 Å². The number of carboxylic acid groups (broad SMARTS) is 1. The molecule has 1 saturated heterocycles. The van der Waals surface area contributed by atoms with Crippen LogP contribution in [0.25, 0.3) is 0 Å². The first-order valence-electron chi connectivity index (χ1n) is 6.25. The smallest absolute Gasteiger partial charge is 0.335 e. The van der Waals surface area contributed by atoms with Crippen molar-refractivity contribution in [3.63, 3.8) is 0 Å². The summed E-state index contributed by atoms with van der Waals surface area (Å²) in [5, 5.41) is 8.92. The molecule has 5 heteroatoms. The van der Waals surface area contributed by atoms with Crippen LogP contribution in [-0.4, -0.2) is 41.3 Å². The average Bonchev–Trinajstić information content (AvgIpc) is 2.26. The molecule has 0 atom stereocenters. The van der Waals surface area contributed by atoms with Crippen LogP contribution < -0.4 is 0 Å². The van der Waals surface area contributed by atoms with Crippen molar-refractivity contribution in [2.75, 3.05) is 19.7 Å². The van der Waals surface area contributed by atoms with E-state index in [0.717, 1.165) is 19.2 Å². The quantitative estimate of drug-likeness (QED) is 0.911. The van der Waals surface area contributed by atoms with Gasteiger partial charge in [-0.3, -0.25) is 4.90 Å². The van der Waals surface area contributed by atoms with Crippen LogP contribution in [0, 0.1) is 5.82 Å². The lowest BCUT2D eigenvalue weighted by molar-refractivity contribution is -0.0882. The van der Waals surface area contributed by atoms with E-state index in [1.54, 1.807) is 0 Å². The molecule has 1 fully saturated rings. The van der Waals surface area contributed by atoms with Gasteiger partial charge in [-0.1, -0.05) is 0 Å². The summed E-state index contributed by atoms with van der Waals surface area (Å²) >= 11 is 0. The molecule has 4 nitrogen and oxygen atoms in total. The van der Waals surface area contributed by atoms with Gasteiger partial charge in [-0.25, -0.2) is 9.18 Å². The van der Waals surface area contributed by atoms with Gasteiger partial charge >= 0.3 is 5.97 Å². The molecule has 104 valence electrons. The van der Waals surface area contributed by atoms with Crippen molar-refractivity contribution < 1.29 is 19.0 Å². The first kappa shape index (κ1) is 14.0. The monoisotopic (exact) mass is 267 g/mol. The van der Waals surface area contributed by atoms with Gasteiger partial charge in [0.15, 0.2) is 0 Å². The number of ether oxygens (including phenoxy) is 1. The fraction of sp³-hybridized carbons (Fsp3) is 0.500. The van der Waals surface area contributed by atoms with Crippen LogP contribution in [0.4, 0.5) is 4.39 Å². The van der Waals surface area contributed by atoms with E-state index >= 15 is 0 Å². The molecule has 1 N–H and O–H groups in total. The van der Waals surface area contributed by atoms with Gasteiger partial charge in [0.05, 0.1) is 17.8 Å². The second-order valence-electron chi connectivity index (χ2n) is 5.47. The maximum Gasteiger partial charge on any atom is 0.335 e. The summed E-state index contributed by atoms with van der Waals surface area (Å²) in [5.74, 6) is -1.62. The molecule has 0 radical (unpaired) electrons. The van der Waals surface area contributed by atoms with E-state index in [1.807, 2.05) is 13.8 Å². The molecule has 0 spiro atoms. The number of aromatic carboxylic acids is 1. The van der Waals surface area contributed by atoms with Crippen LogP contribution in [0.1, 0.15) is 29.8 Å². The van der Waals surface area contributed by atoms with Gasteiger partial charge < -0.3 is 9.84 Å². The zero-order chi connectivity index (χ0) is 14.0. The van der Waals surface area contributed by atoms with Gasteiger partial charge in [-0.15, -0.1) is 0 Å². The minimum atomic E-state index is -1.11. The number of nitrogens with zero attached hydrogens (tertiary/aromatic N) is 1. The highest BCUT2D eigenvalue weighted by Crippen LogP contribution is 2.19. The number of carboxylic acids is 1. The van der Waals surface area contributed by atoms with Crippen molar-refractivity contribution in [2.24, 2.45) is 0 Å². The highest BCUT2D eigenvalue weighted by atomic mass is 19.1. The Morgan fingerprint density at radius 2 is 2.21 bits per heavy atom. The van der Waals surface area contributed by atoms with Gasteiger partial charge in [0, 0.05) is 19.6 Å². The number of halogens is 1. The van der Waals surface area contributed by atoms with E-state index in [4.69, 9.17) is 9.84 Å². The van der Waals surface area contributed by atoms with Crippen LogP contribution in [-0.2, 0) is 11.3 Å². The molecule has 1 heterocycles. The molecule has 1 aliphatic heterocycles. The first-order valence-corrected chi connectivity index (χ1v) is 6.25. The Bertz CT molecular complexity index is 488. The van der Waals surface area contributed by atoms with Crippen LogP contribution >= 0.6 is 0 Å². The molecule has 1 aromatic rings. The summed E-state index contributed by atoms with van der Waals surface area (Å²) in [6.07, 6.45) is 0. The van der Waals surface area contributed by atoms with E-state index in [0.29, 0.717) is 18.7 Å². The largest absolute Gasteiger partial charge is 0.478 e. The number of morpholine rings is 1. The molecule has 0 bridgehead atoms. The van der Waals surface area contributed by atoms with Crippen molar-refractivity contribution in [2.45, 2.75) is 26.0 Å². The highest BCUT2D eigenvalue weighted by molar-refractivity contribution is 5.87. The summed E-state index contributed by atoms with van der Waals surface area (Å²) in [6.45, 7) is 6.69. The number of hydrogen-bond acceptors (Lipinski definition) is 3. The third kappa shape index (κ3) is 3.75. The molecule has 0 saturated carbocycles. The predicted octanol–water partition coefficient (Wildman–Crippen LogP) is 2.13. The highest BCUT2D eigenvalue weighted by Gasteiger charge is 2.27. The van der Waals surface area contributed by atoms with Gasteiger partial charge in [-0.2, -0.15) is 0 Å². The van der Waals surface area contributed by atoms with Gasteiger partial charge in [0.1, 0.15) is 5.82 Å². The second-order valence-corrected chi connectivity index (χ2v) is 5.47. The summed E-state index contributed by atoms with van der Waals surface area (Å²) in [6, 6.07) is 3.94. The number of benzene rings is 1. The maximum atomic E-state index is 13.4. The van der Waals surface area contributed by atoms with Crippen LogP contribution in [0.2, 0.25) is 0 Å². The normalized spacial score (nSPS) is 19.3. The number of hydrogen-bond donors (Lipinski definition) is 1. The molecular formula is C14H18FNO3. The van der Waals surface area contributed by atoms with Gasteiger partial charge in [0.25, 0.3) is 0 Å². The Kier molecular flexibility index (Phi) is 3.87. The predicted molar refractivity (Wildman–Crippen MR) is 68.7 cm³/mol. The maximum absolute atomic E-state index is 13.4. The Hall–Kier alpha value is -1.46. The minimum Gasteiger partial charge on any atom is -0.478 e. The fourth-order valence-electron chi connectivity index (χ4n) is 2.37. The minimum absolute atomic E-state index is 0.0116. The molecule has 19 heavy (non-hydrogen) atoms. The van der Waals surface area contributed by atoms with E-state index in [9.17, 15) is 9.18 Å². The van der Waals surface area contributed by atoms with E-state index < -0.39 is 11.8 Å². The van der Waals surface area contributed by atoms with Crippen LogP contribution in [0.15, 0.2) is 18.2 Å². The third-order valence-corrected chi connectivity index (χ3v) is 3.12. The zero-order valence-corrected chi connectivity index (χ0v) is 11.1. The molecule has 1 aromatic carbocycles. The Balaban J connectivity index is 2.12. The fourth-order valence-corrected chi connectivity index (χ4v) is 2.37. The molecule has 2 rings (SSSR count). The lowest BCUT2D eigenvalue weighted by Crippen LogP contribution is -2.47. The molecule has 0 aliphatic carbocycles. The lowest BCUT2D eigenvalue weighted by Gasteiger charge is -2.38. The third-order valence-electron chi connectivity index (χ3n) is 3.12. The molecular weight excluding hydrogens is 249 g/mol. The Labute approximate surface area is 111 Å². The summed E-state index contributed by atoms with van der Waals surface area (Å²) in [4.78, 5) is 13.0. The molecule has 0 amide bonds. The number of rotatable bonds is 3. The van der Waals surface area contributed by atoms with Crippen molar-refractivity contribution in [3.8, 4) is 0 Å². The lowest BCUT2D eigenvalue weighted by atomic mass is 10.1. The SMILES string of the molecule is CC1(C)CN(Cc2cc(F)cc(C(=O)O)c2)CCO1. The van der Waals surface area contributed by atoms with Crippen molar-refractivity contribution in [1.29, 1.82) is 0 Å². The average molecular weight is 267 g/mol. The van der Waals surface area contributed by atoms with Gasteiger partial charge in [-0.05, 0) is 37.6 Å². The molecule has 1 aliphatic rings.